The van der Waals surface area contributed by atoms with E-state index in [0.717, 1.165) is 37.9 Å². The van der Waals surface area contributed by atoms with E-state index in [-0.39, 0.29) is 0 Å². The molecule has 2 aromatic carbocycles. The van der Waals surface area contributed by atoms with E-state index in [2.05, 4.69) is 62.0 Å². The molecule has 0 heterocycles. The van der Waals surface area contributed by atoms with Crippen molar-refractivity contribution in [2.24, 2.45) is 11.8 Å². The van der Waals surface area contributed by atoms with E-state index in [1.165, 1.54) is 86.5 Å². The van der Waals surface area contributed by atoms with E-state index in [9.17, 15) is 0 Å². The Morgan fingerprint density at radius 2 is 1.31 bits per heavy atom. The van der Waals surface area contributed by atoms with E-state index in [0.29, 0.717) is 0 Å². The first kappa shape index (κ1) is 24.8. The first-order valence-electron chi connectivity index (χ1n) is 13.1. The van der Waals surface area contributed by atoms with Gasteiger partial charge in [-0.15, -0.1) is 6.58 Å². The van der Waals surface area contributed by atoms with Crippen molar-refractivity contribution in [1.82, 2.24) is 0 Å². The van der Waals surface area contributed by atoms with Crippen molar-refractivity contribution >= 4 is 0 Å². The Kier molecular flexibility index (Phi) is 11.1. The van der Waals surface area contributed by atoms with Crippen LogP contribution in [-0.2, 0) is 30.6 Å². The molecule has 0 unspecified atom stereocenters. The summed E-state index contributed by atoms with van der Waals surface area (Å²) in [6.45, 7) is 7.59. The zero-order valence-corrected chi connectivity index (χ0v) is 20.4. The van der Waals surface area contributed by atoms with Gasteiger partial charge in [-0.05, 0) is 72.6 Å². The molecule has 3 rings (SSSR count). The predicted octanol–water partition coefficient (Wildman–Crippen LogP) is 8.49. The maximum absolute atomic E-state index is 5.63. The lowest BCUT2D eigenvalue weighted by atomic mass is 9.77. The van der Waals surface area contributed by atoms with E-state index in [1.807, 2.05) is 6.08 Å². The van der Waals surface area contributed by atoms with Gasteiger partial charge in [0.05, 0.1) is 6.61 Å². The van der Waals surface area contributed by atoms with Crippen LogP contribution in [0.25, 0.3) is 0 Å². The molecule has 0 radical (unpaired) electrons. The van der Waals surface area contributed by atoms with Crippen molar-refractivity contribution in [2.75, 3.05) is 6.61 Å². The Labute approximate surface area is 197 Å². The van der Waals surface area contributed by atoms with E-state index in [1.54, 1.807) is 0 Å². The smallest absolute Gasteiger partial charge is 0.0716 e. The molecule has 1 heteroatoms. The minimum absolute atomic E-state index is 0.749. The van der Waals surface area contributed by atoms with Crippen LogP contribution in [0.2, 0.25) is 0 Å². The fourth-order valence-corrected chi connectivity index (χ4v) is 5.09. The molecule has 1 aliphatic carbocycles. The van der Waals surface area contributed by atoms with Crippen LogP contribution in [0.4, 0.5) is 0 Å². The van der Waals surface area contributed by atoms with E-state index >= 15 is 0 Å². The maximum Gasteiger partial charge on any atom is 0.0716 e. The molecule has 0 spiro atoms. The first-order valence-corrected chi connectivity index (χ1v) is 13.1. The molecular formula is C31H44O. The fraction of sp³-hybridized carbons (Fsp3) is 0.548. The number of benzene rings is 2. The zero-order chi connectivity index (χ0) is 22.4. The number of ether oxygens (including phenoxy) is 1. The van der Waals surface area contributed by atoms with Crippen molar-refractivity contribution < 1.29 is 4.74 Å². The Bertz CT molecular complexity index is 750. The summed E-state index contributed by atoms with van der Waals surface area (Å²) in [5.41, 5.74) is 5.65. The summed E-state index contributed by atoms with van der Waals surface area (Å²) < 4.78 is 5.63. The summed E-state index contributed by atoms with van der Waals surface area (Å²) in [6.07, 6.45) is 17.8. The number of rotatable bonds is 14. The summed E-state index contributed by atoms with van der Waals surface area (Å²) >= 11 is 0. The number of allylic oxidation sites excluding steroid dienone is 1. The largest absolute Gasteiger partial charge is 0.377 e. The molecule has 1 nitrogen and oxygen atoms in total. The average molecular weight is 433 g/mol. The van der Waals surface area contributed by atoms with Crippen LogP contribution in [0, 0.1) is 11.8 Å². The maximum atomic E-state index is 5.63. The third-order valence-electron chi connectivity index (χ3n) is 7.18. The first-order chi connectivity index (χ1) is 15.8. The highest BCUT2D eigenvalue weighted by molar-refractivity contribution is 5.24. The highest BCUT2D eigenvalue weighted by atomic mass is 16.5. The molecule has 0 amide bonds. The standard InChI is InChI=1S/C31H44O/c1-3-7-26-10-14-29(15-11-26)18-19-30-16-12-27(13-17-30)8-5-6-9-28-20-22-31(23-21-28)25-32-24-4-2/h3,10-11,14-15,20-23,27,30H,1,4-9,12-13,16-19,24-25H2,2H3/t27-,30-. The molecule has 1 aliphatic rings. The summed E-state index contributed by atoms with van der Waals surface area (Å²) in [4.78, 5) is 0. The summed E-state index contributed by atoms with van der Waals surface area (Å²) in [5, 5.41) is 0. The molecule has 174 valence electrons. The zero-order valence-electron chi connectivity index (χ0n) is 20.4. The Hall–Kier alpha value is -1.86. The van der Waals surface area contributed by atoms with Crippen LogP contribution in [0.15, 0.2) is 61.2 Å². The number of aryl methyl sites for hydroxylation is 2. The van der Waals surface area contributed by atoms with Crippen LogP contribution >= 0.6 is 0 Å². The van der Waals surface area contributed by atoms with Gasteiger partial charge in [-0.2, -0.15) is 0 Å². The van der Waals surface area contributed by atoms with Crippen molar-refractivity contribution in [2.45, 2.75) is 90.6 Å². The van der Waals surface area contributed by atoms with Gasteiger partial charge in [-0.25, -0.2) is 0 Å². The second kappa shape index (κ2) is 14.3. The molecule has 0 atom stereocenters. The Balaban J connectivity index is 1.25. The van der Waals surface area contributed by atoms with Gasteiger partial charge in [0.1, 0.15) is 0 Å². The minimum Gasteiger partial charge on any atom is -0.377 e. The predicted molar refractivity (Wildman–Crippen MR) is 138 cm³/mol. The number of hydrogen-bond acceptors (Lipinski definition) is 1. The second-order valence-electron chi connectivity index (χ2n) is 9.85. The average Bonchev–Trinajstić information content (AvgIpc) is 2.83. The van der Waals surface area contributed by atoms with Gasteiger partial charge >= 0.3 is 0 Å². The summed E-state index contributed by atoms with van der Waals surface area (Å²) in [6, 6.07) is 18.2. The molecule has 0 aromatic heterocycles. The highest BCUT2D eigenvalue weighted by Crippen LogP contribution is 2.34. The van der Waals surface area contributed by atoms with Crippen molar-refractivity contribution in [3.63, 3.8) is 0 Å². The lowest BCUT2D eigenvalue weighted by Gasteiger charge is -2.28. The van der Waals surface area contributed by atoms with E-state index in [4.69, 9.17) is 4.74 Å². The molecule has 0 bridgehead atoms. The molecule has 32 heavy (non-hydrogen) atoms. The van der Waals surface area contributed by atoms with Crippen LogP contribution in [-0.4, -0.2) is 6.61 Å². The van der Waals surface area contributed by atoms with Gasteiger partial charge in [0.15, 0.2) is 0 Å². The molecule has 0 N–H and O–H groups in total. The quantitative estimate of drug-likeness (QED) is 0.215. The molecule has 0 aliphatic heterocycles. The third kappa shape index (κ3) is 8.94. The van der Waals surface area contributed by atoms with Crippen LogP contribution in [0.1, 0.15) is 87.0 Å². The SMILES string of the molecule is C=CCc1ccc(CC[C@H]2CC[C@H](CCCCc3ccc(COCCC)cc3)CC2)cc1. The van der Waals surface area contributed by atoms with Gasteiger partial charge in [0.25, 0.3) is 0 Å². The van der Waals surface area contributed by atoms with Gasteiger partial charge in [0.2, 0.25) is 0 Å². The number of unbranched alkanes of at least 4 members (excludes halogenated alkanes) is 1. The molecule has 1 fully saturated rings. The summed E-state index contributed by atoms with van der Waals surface area (Å²) in [7, 11) is 0. The van der Waals surface area contributed by atoms with Crippen molar-refractivity contribution in [3.8, 4) is 0 Å². The lowest BCUT2D eigenvalue weighted by Crippen LogP contribution is -2.15. The van der Waals surface area contributed by atoms with Crippen molar-refractivity contribution in [3.05, 3.63) is 83.4 Å². The molecular weight excluding hydrogens is 388 g/mol. The van der Waals surface area contributed by atoms with Crippen LogP contribution < -0.4 is 0 Å². The molecule has 2 aromatic rings. The third-order valence-corrected chi connectivity index (χ3v) is 7.18. The van der Waals surface area contributed by atoms with Gasteiger partial charge in [-0.3, -0.25) is 0 Å². The normalized spacial score (nSPS) is 18.5. The fourth-order valence-electron chi connectivity index (χ4n) is 5.09. The topological polar surface area (TPSA) is 9.23 Å². The van der Waals surface area contributed by atoms with E-state index < -0.39 is 0 Å². The number of hydrogen-bond donors (Lipinski definition) is 0. The van der Waals surface area contributed by atoms with Crippen LogP contribution in [0.5, 0.6) is 0 Å². The molecule has 0 saturated heterocycles. The lowest BCUT2D eigenvalue weighted by molar-refractivity contribution is 0.121. The van der Waals surface area contributed by atoms with Gasteiger partial charge in [0, 0.05) is 6.61 Å². The van der Waals surface area contributed by atoms with Gasteiger partial charge in [-0.1, -0.05) is 100 Å². The monoisotopic (exact) mass is 432 g/mol. The van der Waals surface area contributed by atoms with Gasteiger partial charge < -0.3 is 4.74 Å². The molecule has 1 saturated carbocycles. The van der Waals surface area contributed by atoms with Crippen LogP contribution in [0.3, 0.4) is 0 Å². The second-order valence-corrected chi connectivity index (χ2v) is 9.85. The minimum atomic E-state index is 0.749. The Morgan fingerprint density at radius 1 is 0.750 bits per heavy atom. The Morgan fingerprint density at radius 3 is 1.94 bits per heavy atom. The highest BCUT2D eigenvalue weighted by Gasteiger charge is 2.20. The van der Waals surface area contributed by atoms with Crippen molar-refractivity contribution in [1.29, 1.82) is 0 Å². The summed E-state index contributed by atoms with van der Waals surface area (Å²) in [5.74, 6) is 1.92.